The third kappa shape index (κ3) is 7.77. The Morgan fingerprint density at radius 1 is 1.20 bits per heavy atom. The number of aromatic nitrogens is 1. The Bertz CT molecular complexity index is 478. The standard InChI is InChI=1S/C18H31N5O.HI/c1-3-19-18(21-11-6-4-8-16-24-2)23-14-12-22(13-15-23)17-9-5-7-10-20-17;/h5,7,9-10H,3-4,6,8,11-16H2,1-2H3,(H,19,21);1H. The summed E-state index contributed by atoms with van der Waals surface area (Å²) in [6, 6.07) is 6.08. The van der Waals surface area contributed by atoms with Gasteiger partial charge in [-0.1, -0.05) is 6.07 Å². The summed E-state index contributed by atoms with van der Waals surface area (Å²) in [6.45, 7) is 8.68. The summed E-state index contributed by atoms with van der Waals surface area (Å²) >= 11 is 0. The van der Waals surface area contributed by atoms with Gasteiger partial charge in [0.15, 0.2) is 5.96 Å². The van der Waals surface area contributed by atoms with Crippen LogP contribution < -0.4 is 10.2 Å². The number of piperazine rings is 1. The molecule has 0 saturated carbocycles. The van der Waals surface area contributed by atoms with E-state index in [9.17, 15) is 0 Å². The molecule has 6 nitrogen and oxygen atoms in total. The first-order valence-electron chi connectivity index (χ1n) is 9.03. The Labute approximate surface area is 169 Å². The fraction of sp³-hybridized carbons (Fsp3) is 0.667. The van der Waals surface area contributed by atoms with Gasteiger partial charge in [-0.15, -0.1) is 24.0 Å². The maximum atomic E-state index is 5.08. The smallest absolute Gasteiger partial charge is 0.194 e. The topological polar surface area (TPSA) is 53.0 Å². The molecule has 0 aromatic carbocycles. The van der Waals surface area contributed by atoms with Crippen LogP contribution in [-0.4, -0.2) is 68.8 Å². The van der Waals surface area contributed by atoms with Crippen molar-refractivity contribution in [2.24, 2.45) is 4.99 Å². The summed E-state index contributed by atoms with van der Waals surface area (Å²) in [5.74, 6) is 2.11. The minimum Gasteiger partial charge on any atom is -0.385 e. The summed E-state index contributed by atoms with van der Waals surface area (Å²) in [4.78, 5) is 13.9. The average molecular weight is 461 g/mol. The summed E-state index contributed by atoms with van der Waals surface area (Å²) in [7, 11) is 1.76. The highest BCUT2D eigenvalue weighted by Crippen LogP contribution is 2.12. The number of methoxy groups -OCH3 is 1. The number of unbranched alkanes of at least 4 members (excludes halogenated alkanes) is 2. The van der Waals surface area contributed by atoms with Crippen molar-refractivity contribution in [3.63, 3.8) is 0 Å². The monoisotopic (exact) mass is 461 g/mol. The van der Waals surface area contributed by atoms with Gasteiger partial charge in [-0.25, -0.2) is 4.98 Å². The minimum atomic E-state index is 0. The number of ether oxygens (including phenoxy) is 1. The second kappa shape index (κ2) is 13.2. The highest BCUT2D eigenvalue weighted by molar-refractivity contribution is 14.0. The molecule has 2 rings (SSSR count). The lowest BCUT2D eigenvalue weighted by atomic mass is 10.2. The van der Waals surface area contributed by atoms with Gasteiger partial charge in [0, 0.05) is 59.2 Å². The molecule has 7 heteroatoms. The number of hydrogen-bond donors (Lipinski definition) is 1. The molecule has 2 heterocycles. The lowest BCUT2D eigenvalue weighted by molar-refractivity contribution is 0.192. The number of hydrogen-bond acceptors (Lipinski definition) is 4. The number of anilines is 1. The van der Waals surface area contributed by atoms with Crippen molar-refractivity contribution in [3.05, 3.63) is 24.4 Å². The Morgan fingerprint density at radius 3 is 2.64 bits per heavy atom. The average Bonchev–Trinajstić information content (AvgIpc) is 2.64. The molecule has 0 atom stereocenters. The van der Waals surface area contributed by atoms with Crippen molar-refractivity contribution < 1.29 is 4.74 Å². The number of nitrogens with one attached hydrogen (secondary N) is 1. The van der Waals surface area contributed by atoms with Crippen LogP contribution in [0.25, 0.3) is 0 Å². The molecule has 0 spiro atoms. The Hall–Kier alpha value is -1.09. The number of nitrogens with zero attached hydrogens (tertiary/aromatic N) is 4. The summed E-state index contributed by atoms with van der Waals surface area (Å²) in [5, 5.41) is 3.43. The first kappa shape index (κ1) is 22.0. The van der Waals surface area contributed by atoms with Gasteiger partial charge in [0.25, 0.3) is 0 Å². The molecule has 0 bridgehead atoms. The lowest BCUT2D eigenvalue weighted by Crippen LogP contribution is -2.52. The van der Waals surface area contributed by atoms with Gasteiger partial charge in [0.05, 0.1) is 0 Å². The molecule has 1 aliphatic heterocycles. The minimum absolute atomic E-state index is 0. The van der Waals surface area contributed by atoms with Gasteiger partial charge < -0.3 is 19.9 Å². The Kier molecular flexibility index (Phi) is 11.6. The van der Waals surface area contributed by atoms with E-state index in [4.69, 9.17) is 9.73 Å². The van der Waals surface area contributed by atoms with Gasteiger partial charge in [-0.05, 0) is 38.3 Å². The van der Waals surface area contributed by atoms with Gasteiger partial charge in [-0.2, -0.15) is 0 Å². The van der Waals surface area contributed by atoms with E-state index in [-0.39, 0.29) is 24.0 Å². The van der Waals surface area contributed by atoms with Crippen LogP contribution in [0, 0.1) is 0 Å². The largest absolute Gasteiger partial charge is 0.385 e. The van der Waals surface area contributed by atoms with Crippen molar-refractivity contribution in [2.75, 3.05) is 57.9 Å². The van der Waals surface area contributed by atoms with Crippen molar-refractivity contribution in [1.82, 2.24) is 15.2 Å². The molecule has 1 N–H and O–H groups in total. The third-order valence-corrected chi connectivity index (χ3v) is 4.16. The van der Waals surface area contributed by atoms with Crippen LogP contribution in [0.1, 0.15) is 26.2 Å². The van der Waals surface area contributed by atoms with Gasteiger partial charge in [0.1, 0.15) is 5.82 Å². The van der Waals surface area contributed by atoms with Gasteiger partial charge >= 0.3 is 0 Å². The second-order valence-electron chi connectivity index (χ2n) is 5.95. The second-order valence-corrected chi connectivity index (χ2v) is 5.95. The number of guanidine groups is 1. The predicted molar refractivity (Wildman–Crippen MR) is 115 cm³/mol. The molecular weight excluding hydrogens is 429 g/mol. The SMILES string of the molecule is CCNC(=NCCCCCOC)N1CCN(c2ccccn2)CC1.I. The van der Waals surface area contributed by atoms with Crippen molar-refractivity contribution in [3.8, 4) is 0 Å². The highest BCUT2D eigenvalue weighted by atomic mass is 127. The van der Waals surface area contributed by atoms with E-state index in [0.29, 0.717) is 0 Å². The van der Waals surface area contributed by atoms with Gasteiger partial charge in [-0.3, -0.25) is 4.99 Å². The summed E-state index contributed by atoms with van der Waals surface area (Å²) in [5.41, 5.74) is 0. The van der Waals surface area contributed by atoms with Crippen LogP contribution in [-0.2, 0) is 4.74 Å². The third-order valence-electron chi connectivity index (χ3n) is 4.16. The number of rotatable bonds is 8. The maximum Gasteiger partial charge on any atom is 0.194 e. The van der Waals surface area contributed by atoms with E-state index in [2.05, 4.69) is 33.1 Å². The predicted octanol–water partition coefficient (Wildman–Crippen LogP) is 2.60. The fourth-order valence-corrected chi connectivity index (χ4v) is 2.83. The van der Waals surface area contributed by atoms with Crippen LogP contribution in [0.15, 0.2) is 29.4 Å². The van der Waals surface area contributed by atoms with E-state index < -0.39 is 0 Å². The van der Waals surface area contributed by atoms with Crippen LogP contribution in [0.4, 0.5) is 5.82 Å². The maximum absolute atomic E-state index is 5.08. The fourth-order valence-electron chi connectivity index (χ4n) is 2.83. The first-order chi connectivity index (χ1) is 11.8. The zero-order valence-electron chi connectivity index (χ0n) is 15.5. The normalized spacial score (nSPS) is 15.0. The summed E-state index contributed by atoms with van der Waals surface area (Å²) < 4.78 is 5.08. The zero-order chi connectivity index (χ0) is 17.0. The molecular formula is C18H32IN5O. The van der Waals surface area contributed by atoms with Crippen LogP contribution in [0.2, 0.25) is 0 Å². The zero-order valence-corrected chi connectivity index (χ0v) is 17.8. The Morgan fingerprint density at radius 2 is 2.00 bits per heavy atom. The molecule has 1 aliphatic rings. The highest BCUT2D eigenvalue weighted by Gasteiger charge is 2.20. The molecule has 0 aliphatic carbocycles. The lowest BCUT2D eigenvalue weighted by Gasteiger charge is -2.37. The van der Waals surface area contributed by atoms with Crippen LogP contribution in [0.5, 0.6) is 0 Å². The number of halogens is 1. The summed E-state index contributed by atoms with van der Waals surface area (Å²) in [6.07, 6.45) is 5.26. The molecule has 1 fully saturated rings. The molecule has 25 heavy (non-hydrogen) atoms. The van der Waals surface area contributed by atoms with Crippen LogP contribution >= 0.6 is 24.0 Å². The van der Waals surface area contributed by atoms with E-state index in [0.717, 1.165) is 70.5 Å². The van der Waals surface area contributed by atoms with Crippen molar-refractivity contribution >= 4 is 35.8 Å². The molecule has 142 valence electrons. The van der Waals surface area contributed by atoms with E-state index in [1.54, 1.807) is 7.11 Å². The van der Waals surface area contributed by atoms with E-state index in [1.165, 1.54) is 6.42 Å². The quantitative estimate of drug-likeness (QED) is 0.279. The number of pyridine rings is 1. The molecule has 0 amide bonds. The Balaban J connectivity index is 0.00000312. The van der Waals surface area contributed by atoms with E-state index >= 15 is 0 Å². The molecule has 0 unspecified atom stereocenters. The van der Waals surface area contributed by atoms with E-state index in [1.807, 2.05) is 18.3 Å². The molecule has 1 aromatic rings. The number of aliphatic imine (C=N–C) groups is 1. The van der Waals surface area contributed by atoms with Crippen molar-refractivity contribution in [1.29, 1.82) is 0 Å². The molecule has 0 radical (unpaired) electrons. The molecule has 1 aromatic heterocycles. The molecule has 1 saturated heterocycles. The van der Waals surface area contributed by atoms with Crippen molar-refractivity contribution in [2.45, 2.75) is 26.2 Å². The first-order valence-corrected chi connectivity index (χ1v) is 9.03. The van der Waals surface area contributed by atoms with Gasteiger partial charge in [0.2, 0.25) is 0 Å². The van der Waals surface area contributed by atoms with Crippen LogP contribution in [0.3, 0.4) is 0 Å².